The second-order valence-corrected chi connectivity index (χ2v) is 4.06. The summed E-state index contributed by atoms with van der Waals surface area (Å²) in [5.41, 5.74) is 0.112. The van der Waals surface area contributed by atoms with Gasteiger partial charge in [0.25, 0.3) is 11.5 Å². The summed E-state index contributed by atoms with van der Waals surface area (Å²) in [4.78, 5) is 28.2. The summed E-state index contributed by atoms with van der Waals surface area (Å²) in [6.07, 6.45) is 2.25. The molecule has 2 aromatic heterocycles. The lowest BCUT2D eigenvalue weighted by Crippen LogP contribution is -1.95. The summed E-state index contributed by atoms with van der Waals surface area (Å²) in [6, 6.07) is 5.79. The fourth-order valence-electron chi connectivity index (χ4n) is 1.75. The van der Waals surface area contributed by atoms with Gasteiger partial charge in [-0.25, -0.2) is 4.98 Å². The number of nitro benzene ring substituents is 1. The molecule has 0 aliphatic rings. The molecule has 0 fully saturated rings. The molecule has 3 aromatic rings. The Labute approximate surface area is 116 Å². The van der Waals surface area contributed by atoms with Gasteiger partial charge in [0.05, 0.1) is 9.85 Å². The van der Waals surface area contributed by atoms with Crippen LogP contribution in [0.4, 0.5) is 11.4 Å². The molecule has 0 spiro atoms. The van der Waals surface area contributed by atoms with Crippen LogP contribution in [0.25, 0.3) is 17.2 Å². The molecule has 2 heterocycles. The third kappa shape index (κ3) is 2.25. The molecule has 3 rings (SSSR count). The van der Waals surface area contributed by atoms with Crippen molar-refractivity contribution >= 4 is 17.2 Å². The van der Waals surface area contributed by atoms with Crippen molar-refractivity contribution in [3.8, 4) is 11.4 Å². The molecule has 0 atom stereocenters. The number of rotatable bonds is 3. The van der Waals surface area contributed by atoms with Crippen LogP contribution in [0.2, 0.25) is 0 Å². The number of non-ortho nitro benzene ring substituents is 1. The molecule has 0 N–H and O–H groups in total. The van der Waals surface area contributed by atoms with Crippen LogP contribution >= 0.6 is 0 Å². The van der Waals surface area contributed by atoms with Crippen molar-refractivity contribution in [2.24, 2.45) is 0 Å². The first-order valence-corrected chi connectivity index (χ1v) is 5.66. The molecule has 0 unspecified atom stereocenters. The van der Waals surface area contributed by atoms with Gasteiger partial charge in [0.2, 0.25) is 0 Å². The standard InChI is InChI=1S/C11H6N6O4/c18-16(19)8-3-1-2-7(4-8)10-13-11-12-5-9(17(20)21)6-15(11)14-10/h1-6H. The van der Waals surface area contributed by atoms with Crippen LogP contribution in [0.3, 0.4) is 0 Å². The lowest BCUT2D eigenvalue weighted by atomic mass is 10.2. The summed E-state index contributed by atoms with van der Waals surface area (Å²) in [6.45, 7) is 0. The van der Waals surface area contributed by atoms with E-state index in [2.05, 4.69) is 15.1 Å². The quantitative estimate of drug-likeness (QED) is 0.528. The third-order valence-electron chi connectivity index (χ3n) is 2.71. The van der Waals surface area contributed by atoms with Gasteiger partial charge in [-0.1, -0.05) is 12.1 Å². The van der Waals surface area contributed by atoms with E-state index in [-0.39, 0.29) is 23.0 Å². The SMILES string of the molecule is O=[N+]([O-])c1cccc(-c2nc3ncc([N+](=O)[O-])cn3n2)c1. The van der Waals surface area contributed by atoms with E-state index in [1.165, 1.54) is 24.4 Å². The van der Waals surface area contributed by atoms with Crippen molar-refractivity contribution in [1.82, 2.24) is 19.6 Å². The van der Waals surface area contributed by atoms with Gasteiger partial charge < -0.3 is 0 Å². The maximum absolute atomic E-state index is 10.7. The molecule has 0 radical (unpaired) electrons. The van der Waals surface area contributed by atoms with Crippen LogP contribution in [0, 0.1) is 20.2 Å². The first-order chi connectivity index (χ1) is 10.0. The number of aromatic nitrogens is 4. The number of nitrogens with zero attached hydrogens (tertiary/aromatic N) is 6. The average Bonchev–Trinajstić information content (AvgIpc) is 2.90. The number of fused-ring (bicyclic) bond motifs is 1. The molecule has 21 heavy (non-hydrogen) atoms. The van der Waals surface area contributed by atoms with Gasteiger partial charge in [-0.3, -0.25) is 20.2 Å². The van der Waals surface area contributed by atoms with Crippen LogP contribution in [0.1, 0.15) is 0 Å². The van der Waals surface area contributed by atoms with E-state index < -0.39 is 9.85 Å². The largest absolute Gasteiger partial charge is 0.305 e. The van der Waals surface area contributed by atoms with Gasteiger partial charge in [0.15, 0.2) is 5.82 Å². The zero-order valence-electron chi connectivity index (χ0n) is 10.3. The lowest BCUT2D eigenvalue weighted by molar-refractivity contribution is -0.385. The number of benzene rings is 1. The molecule has 0 saturated carbocycles. The minimum atomic E-state index is -0.596. The zero-order valence-corrected chi connectivity index (χ0v) is 10.3. The van der Waals surface area contributed by atoms with Crippen molar-refractivity contribution in [2.75, 3.05) is 0 Å². The Morgan fingerprint density at radius 3 is 2.57 bits per heavy atom. The van der Waals surface area contributed by atoms with Crippen molar-refractivity contribution in [3.05, 3.63) is 56.9 Å². The minimum absolute atomic E-state index is 0.0923. The number of hydrogen-bond acceptors (Lipinski definition) is 7. The van der Waals surface area contributed by atoms with Crippen LogP contribution in [-0.2, 0) is 0 Å². The van der Waals surface area contributed by atoms with Gasteiger partial charge in [-0.15, -0.1) is 5.10 Å². The Morgan fingerprint density at radius 2 is 1.86 bits per heavy atom. The van der Waals surface area contributed by atoms with E-state index in [1.807, 2.05) is 0 Å². The molecule has 0 saturated heterocycles. The van der Waals surface area contributed by atoms with Gasteiger partial charge in [-0.2, -0.15) is 9.50 Å². The molecule has 0 bridgehead atoms. The van der Waals surface area contributed by atoms with Crippen LogP contribution in [0.15, 0.2) is 36.7 Å². The Kier molecular flexibility index (Phi) is 2.76. The van der Waals surface area contributed by atoms with E-state index in [0.717, 1.165) is 10.7 Å². The van der Waals surface area contributed by atoms with Gasteiger partial charge in [0, 0.05) is 17.7 Å². The normalized spacial score (nSPS) is 10.7. The molecule has 104 valence electrons. The van der Waals surface area contributed by atoms with E-state index in [1.54, 1.807) is 6.07 Å². The maximum Gasteiger partial charge on any atom is 0.305 e. The highest BCUT2D eigenvalue weighted by molar-refractivity contribution is 5.60. The average molecular weight is 286 g/mol. The van der Waals surface area contributed by atoms with Gasteiger partial charge >= 0.3 is 5.69 Å². The van der Waals surface area contributed by atoms with Gasteiger partial charge in [-0.05, 0) is 0 Å². The Morgan fingerprint density at radius 1 is 1.10 bits per heavy atom. The van der Waals surface area contributed by atoms with E-state index in [9.17, 15) is 20.2 Å². The first kappa shape index (κ1) is 12.6. The fourth-order valence-corrected chi connectivity index (χ4v) is 1.75. The molecule has 0 amide bonds. The van der Waals surface area contributed by atoms with E-state index in [4.69, 9.17) is 0 Å². The van der Waals surface area contributed by atoms with Gasteiger partial charge in [0.1, 0.15) is 12.4 Å². The maximum atomic E-state index is 10.7. The molecule has 1 aromatic carbocycles. The molecule has 0 aliphatic heterocycles. The topological polar surface area (TPSA) is 129 Å². The monoisotopic (exact) mass is 286 g/mol. The smallest absolute Gasteiger partial charge is 0.258 e. The number of hydrogen-bond donors (Lipinski definition) is 0. The predicted octanol–water partition coefficient (Wildman–Crippen LogP) is 1.61. The summed E-state index contributed by atoms with van der Waals surface area (Å²) in [7, 11) is 0. The molecule has 10 nitrogen and oxygen atoms in total. The Bertz CT molecular complexity index is 874. The summed E-state index contributed by atoms with van der Waals surface area (Å²) < 4.78 is 1.16. The Hall–Kier alpha value is -3.43. The minimum Gasteiger partial charge on any atom is -0.258 e. The summed E-state index contributed by atoms with van der Waals surface area (Å²) in [5.74, 6) is 0.369. The molecular weight excluding hydrogens is 280 g/mol. The van der Waals surface area contributed by atoms with Crippen molar-refractivity contribution in [1.29, 1.82) is 0 Å². The molecule has 10 heteroatoms. The highest BCUT2D eigenvalue weighted by Gasteiger charge is 2.14. The second kappa shape index (κ2) is 4.59. The highest BCUT2D eigenvalue weighted by atomic mass is 16.6. The summed E-state index contributed by atoms with van der Waals surface area (Å²) >= 11 is 0. The third-order valence-corrected chi connectivity index (χ3v) is 2.71. The lowest BCUT2D eigenvalue weighted by Gasteiger charge is -1.94. The zero-order chi connectivity index (χ0) is 15.0. The van der Waals surface area contributed by atoms with Crippen LogP contribution < -0.4 is 0 Å². The molecular formula is C11H6N6O4. The summed E-state index contributed by atoms with van der Waals surface area (Å²) in [5, 5.41) is 25.5. The molecule has 0 aliphatic carbocycles. The number of nitro groups is 2. The van der Waals surface area contributed by atoms with Crippen LogP contribution in [0.5, 0.6) is 0 Å². The Balaban J connectivity index is 2.10. The van der Waals surface area contributed by atoms with Crippen molar-refractivity contribution in [2.45, 2.75) is 0 Å². The predicted molar refractivity (Wildman–Crippen MR) is 69.5 cm³/mol. The van der Waals surface area contributed by atoms with Crippen molar-refractivity contribution in [3.63, 3.8) is 0 Å². The van der Waals surface area contributed by atoms with Crippen LogP contribution in [-0.4, -0.2) is 29.4 Å². The second-order valence-electron chi connectivity index (χ2n) is 4.06. The van der Waals surface area contributed by atoms with Crippen molar-refractivity contribution < 1.29 is 9.85 Å². The highest BCUT2D eigenvalue weighted by Crippen LogP contribution is 2.21. The van der Waals surface area contributed by atoms with E-state index in [0.29, 0.717) is 5.56 Å². The fraction of sp³-hybridized carbons (Fsp3) is 0. The van der Waals surface area contributed by atoms with E-state index >= 15 is 0 Å². The first-order valence-electron chi connectivity index (χ1n) is 5.66.